The van der Waals surface area contributed by atoms with Crippen molar-refractivity contribution in [2.24, 2.45) is 0 Å². The molecule has 1 aromatic heterocycles. The largest absolute Gasteiger partial charge is 0.347 e. The summed E-state index contributed by atoms with van der Waals surface area (Å²) in [5.41, 5.74) is 0.542. The molecule has 19 heavy (non-hydrogen) atoms. The van der Waals surface area contributed by atoms with Gasteiger partial charge in [0, 0.05) is 30.8 Å². The zero-order chi connectivity index (χ0) is 14.7. The maximum atomic E-state index is 12.2. The van der Waals surface area contributed by atoms with Crippen molar-refractivity contribution in [1.82, 2.24) is 14.8 Å². The Bertz CT molecular complexity index is 480. The molecule has 0 fully saturated rings. The zero-order valence-corrected chi connectivity index (χ0v) is 13.5. The van der Waals surface area contributed by atoms with E-state index in [4.69, 9.17) is 0 Å². The Balaban J connectivity index is 2.87. The molecule has 6 heteroatoms. The maximum absolute atomic E-state index is 12.2. The molecule has 0 spiro atoms. The van der Waals surface area contributed by atoms with Gasteiger partial charge in [0.15, 0.2) is 0 Å². The van der Waals surface area contributed by atoms with Crippen molar-refractivity contribution in [3.8, 4) is 0 Å². The van der Waals surface area contributed by atoms with Crippen LogP contribution in [0.3, 0.4) is 0 Å². The summed E-state index contributed by atoms with van der Waals surface area (Å²) in [6.07, 6.45) is 1.86. The van der Waals surface area contributed by atoms with Crippen LogP contribution in [0.4, 0.5) is 0 Å². The highest BCUT2D eigenvalue weighted by Gasteiger charge is 2.21. The number of halogens is 1. The number of carbonyl (C=O) groups excluding carboxylic acids is 2. The van der Waals surface area contributed by atoms with E-state index < -0.39 is 6.04 Å². The number of hydrogen-bond acceptors (Lipinski definition) is 2. The molecule has 0 aromatic carbocycles. The van der Waals surface area contributed by atoms with Crippen LogP contribution in [0.15, 0.2) is 16.7 Å². The molecule has 1 heterocycles. The Labute approximate surface area is 122 Å². The summed E-state index contributed by atoms with van der Waals surface area (Å²) >= 11 is 3.36. The minimum absolute atomic E-state index is 0.130. The van der Waals surface area contributed by atoms with Crippen molar-refractivity contribution in [3.05, 3.63) is 22.4 Å². The molecule has 106 valence electrons. The second kappa shape index (κ2) is 6.23. The lowest BCUT2D eigenvalue weighted by Gasteiger charge is -2.19. The van der Waals surface area contributed by atoms with E-state index in [0.29, 0.717) is 5.69 Å². The summed E-state index contributed by atoms with van der Waals surface area (Å²) in [7, 11) is 3.33. The van der Waals surface area contributed by atoms with Gasteiger partial charge < -0.3 is 14.8 Å². The molecule has 0 aliphatic carbocycles. The van der Waals surface area contributed by atoms with Crippen LogP contribution in [0.5, 0.6) is 0 Å². The molecular formula is C13H20BrN3O2. The molecule has 1 atom stereocenters. The number of rotatable bonds is 4. The molecular weight excluding hydrogens is 310 g/mol. The van der Waals surface area contributed by atoms with Gasteiger partial charge in [-0.3, -0.25) is 9.59 Å². The van der Waals surface area contributed by atoms with E-state index in [-0.39, 0.29) is 17.9 Å². The van der Waals surface area contributed by atoms with Crippen LogP contribution in [0.2, 0.25) is 0 Å². The predicted octanol–water partition coefficient (Wildman–Crippen LogP) is 2.04. The quantitative estimate of drug-likeness (QED) is 0.918. The average Bonchev–Trinajstić information content (AvgIpc) is 2.70. The second-order valence-electron chi connectivity index (χ2n) is 4.97. The van der Waals surface area contributed by atoms with Gasteiger partial charge in [-0.05, 0) is 42.8 Å². The van der Waals surface area contributed by atoms with Crippen LogP contribution in [0.25, 0.3) is 0 Å². The first kappa shape index (κ1) is 15.8. The van der Waals surface area contributed by atoms with E-state index in [1.807, 2.05) is 24.6 Å². The van der Waals surface area contributed by atoms with Gasteiger partial charge >= 0.3 is 0 Å². The minimum atomic E-state index is -0.545. The Kier molecular flexibility index (Phi) is 5.17. The smallest absolute Gasteiger partial charge is 0.268 e. The van der Waals surface area contributed by atoms with Crippen molar-refractivity contribution in [3.63, 3.8) is 0 Å². The van der Waals surface area contributed by atoms with Crippen molar-refractivity contribution in [2.45, 2.75) is 32.9 Å². The van der Waals surface area contributed by atoms with E-state index in [9.17, 15) is 9.59 Å². The van der Waals surface area contributed by atoms with Crippen LogP contribution in [-0.4, -0.2) is 41.4 Å². The van der Waals surface area contributed by atoms with Gasteiger partial charge in [-0.1, -0.05) is 0 Å². The third-order valence-electron chi connectivity index (χ3n) is 2.76. The van der Waals surface area contributed by atoms with E-state index in [1.54, 1.807) is 27.1 Å². The third kappa shape index (κ3) is 3.83. The van der Waals surface area contributed by atoms with Crippen molar-refractivity contribution < 1.29 is 9.59 Å². The molecule has 1 aromatic rings. The highest BCUT2D eigenvalue weighted by molar-refractivity contribution is 9.10. The summed E-state index contributed by atoms with van der Waals surface area (Å²) in [6, 6.07) is 1.38. The third-order valence-corrected chi connectivity index (χ3v) is 3.20. The maximum Gasteiger partial charge on any atom is 0.268 e. The number of nitrogens with one attached hydrogen (secondary N) is 1. The topological polar surface area (TPSA) is 54.3 Å². The van der Waals surface area contributed by atoms with Gasteiger partial charge in [0.1, 0.15) is 11.7 Å². The molecule has 0 bridgehead atoms. The van der Waals surface area contributed by atoms with Crippen molar-refractivity contribution >= 4 is 27.7 Å². The van der Waals surface area contributed by atoms with Gasteiger partial charge in [-0.15, -0.1) is 0 Å². The lowest BCUT2D eigenvalue weighted by Crippen LogP contribution is -2.44. The van der Waals surface area contributed by atoms with Crippen molar-refractivity contribution in [2.75, 3.05) is 14.1 Å². The SMILES string of the molecule is CC(NC(=O)c1cc(Br)cn1C(C)C)C(=O)N(C)C. The summed E-state index contributed by atoms with van der Waals surface area (Å²) in [5.74, 6) is -0.378. The number of carbonyl (C=O) groups is 2. The van der Waals surface area contributed by atoms with Gasteiger partial charge in [-0.2, -0.15) is 0 Å². The second-order valence-corrected chi connectivity index (χ2v) is 5.89. The zero-order valence-electron chi connectivity index (χ0n) is 11.9. The summed E-state index contributed by atoms with van der Waals surface area (Å²) in [5, 5.41) is 2.71. The molecule has 1 N–H and O–H groups in total. The molecule has 1 rings (SSSR count). The summed E-state index contributed by atoms with van der Waals surface area (Å²) in [4.78, 5) is 25.4. The molecule has 1 unspecified atom stereocenters. The Hall–Kier alpha value is -1.30. The number of aromatic nitrogens is 1. The monoisotopic (exact) mass is 329 g/mol. The fraction of sp³-hybridized carbons (Fsp3) is 0.538. The van der Waals surface area contributed by atoms with E-state index in [1.165, 1.54) is 4.90 Å². The fourth-order valence-corrected chi connectivity index (χ4v) is 2.21. The van der Waals surface area contributed by atoms with Gasteiger partial charge in [-0.25, -0.2) is 0 Å². The normalized spacial score (nSPS) is 12.4. The predicted molar refractivity (Wildman–Crippen MR) is 78.1 cm³/mol. The number of hydrogen-bond donors (Lipinski definition) is 1. The van der Waals surface area contributed by atoms with Crippen LogP contribution in [0.1, 0.15) is 37.3 Å². The first-order valence-electron chi connectivity index (χ1n) is 6.13. The lowest BCUT2D eigenvalue weighted by atomic mass is 10.2. The van der Waals surface area contributed by atoms with Gasteiger partial charge in [0.25, 0.3) is 5.91 Å². The van der Waals surface area contributed by atoms with Gasteiger partial charge in [0.05, 0.1) is 0 Å². The summed E-state index contributed by atoms with van der Waals surface area (Å²) in [6.45, 7) is 5.67. The van der Waals surface area contributed by atoms with E-state index in [2.05, 4.69) is 21.2 Å². The summed E-state index contributed by atoms with van der Waals surface area (Å²) < 4.78 is 2.71. The van der Waals surface area contributed by atoms with Crippen LogP contribution in [-0.2, 0) is 4.79 Å². The molecule has 2 amide bonds. The molecule has 5 nitrogen and oxygen atoms in total. The number of nitrogens with zero attached hydrogens (tertiary/aromatic N) is 2. The van der Waals surface area contributed by atoms with Crippen LogP contribution in [0, 0.1) is 0 Å². The number of likely N-dealkylation sites (N-methyl/N-ethyl adjacent to an activating group) is 1. The average molecular weight is 330 g/mol. The first-order chi connectivity index (χ1) is 8.73. The molecule has 0 aliphatic rings. The minimum Gasteiger partial charge on any atom is -0.347 e. The Morgan fingerprint density at radius 3 is 2.37 bits per heavy atom. The Morgan fingerprint density at radius 1 is 1.32 bits per heavy atom. The molecule has 0 saturated heterocycles. The van der Waals surface area contributed by atoms with Crippen LogP contribution < -0.4 is 5.32 Å². The van der Waals surface area contributed by atoms with Crippen molar-refractivity contribution in [1.29, 1.82) is 0 Å². The highest BCUT2D eigenvalue weighted by atomic mass is 79.9. The molecule has 0 aliphatic heterocycles. The highest BCUT2D eigenvalue weighted by Crippen LogP contribution is 2.19. The van der Waals surface area contributed by atoms with Crippen LogP contribution >= 0.6 is 15.9 Å². The first-order valence-corrected chi connectivity index (χ1v) is 6.92. The van der Waals surface area contributed by atoms with E-state index >= 15 is 0 Å². The van der Waals surface area contributed by atoms with Gasteiger partial charge in [0.2, 0.25) is 5.91 Å². The standard InChI is InChI=1S/C13H20BrN3O2/c1-8(2)17-7-10(14)6-11(17)12(18)15-9(3)13(19)16(4)5/h6-9H,1-5H3,(H,15,18). The lowest BCUT2D eigenvalue weighted by molar-refractivity contribution is -0.130. The molecule has 0 radical (unpaired) electrons. The van der Waals surface area contributed by atoms with E-state index in [0.717, 1.165) is 4.47 Å². The fourth-order valence-electron chi connectivity index (χ4n) is 1.77. The number of amides is 2. The molecule has 0 saturated carbocycles. The Morgan fingerprint density at radius 2 is 1.89 bits per heavy atom.